The minimum Gasteiger partial charge on any atom is -0.351 e. The van der Waals surface area contributed by atoms with Gasteiger partial charge < -0.3 is 5.32 Å². The lowest BCUT2D eigenvalue weighted by Crippen LogP contribution is -2.30. The Kier molecular flexibility index (Phi) is 4.06. The van der Waals surface area contributed by atoms with Gasteiger partial charge in [0.05, 0.1) is 20.3 Å². The molecular formula is C23H27N4+. The van der Waals surface area contributed by atoms with Gasteiger partial charge in [-0.05, 0) is 44.4 Å². The minimum atomic E-state index is -0.0705. The van der Waals surface area contributed by atoms with E-state index in [2.05, 4.69) is 121 Å². The molecule has 0 saturated carbocycles. The Morgan fingerprint density at radius 2 is 1.56 bits per heavy atom. The van der Waals surface area contributed by atoms with Crippen LogP contribution in [0.3, 0.4) is 0 Å². The summed E-state index contributed by atoms with van der Waals surface area (Å²) in [6, 6.07) is 21.3. The van der Waals surface area contributed by atoms with E-state index < -0.39 is 0 Å². The summed E-state index contributed by atoms with van der Waals surface area (Å²) in [5.74, 6) is 2.21. The molecule has 27 heavy (non-hydrogen) atoms. The lowest BCUT2D eigenvalue weighted by atomic mass is 10.1. The quantitative estimate of drug-likeness (QED) is 0.539. The number of para-hydroxylation sites is 1. The Balaban J connectivity index is 2.20. The third-order valence-corrected chi connectivity index (χ3v) is 4.63. The zero-order chi connectivity index (χ0) is 19.2. The highest BCUT2D eigenvalue weighted by molar-refractivity contribution is 5.99. The first-order valence-corrected chi connectivity index (χ1v) is 9.35. The second kappa shape index (κ2) is 6.31. The standard InChI is InChI=1S/C23H27N4/c1-23(2,3)24-21-20-19-14-10-9-11-17(19)15-16-26(20)22(25(4)5)27(21)18-12-7-6-8-13-18/h6-16,24H,1-5H3/q+1. The molecule has 4 aromatic rings. The summed E-state index contributed by atoms with van der Waals surface area (Å²) in [5.41, 5.74) is 2.26. The Bertz CT molecular complexity index is 1100. The molecule has 4 rings (SSSR count). The van der Waals surface area contributed by atoms with E-state index >= 15 is 0 Å². The molecule has 0 saturated heterocycles. The number of nitrogens with one attached hydrogen (secondary N) is 1. The normalized spacial score (nSPS) is 11.9. The second-order valence-electron chi connectivity index (χ2n) is 8.21. The van der Waals surface area contributed by atoms with Crippen molar-refractivity contribution in [2.45, 2.75) is 26.3 Å². The van der Waals surface area contributed by atoms with Gasteiger partial charge in [-0.3, -0.25) is 4.90 Å². The lowest BCUT2D eigenvalue weighted by molar-refractivity contribution is -0.496. The molecule has 0 radical (unpaired) electrons. The summed E-state index contributed by atoms with van der Waals surface area (Å²) in [6.07, 6.45) is 2.17. The number of nitrogens with zero attached hydrogens (tertiary/aromatic N) is 3. The molecule has 4 heteroatoms. The van der Waals surface area contributed by atoms with Crippen LogP contribution < -0.4 is 14.6 Å². The molecule has 2 aromatic carbocycles. The van der Waals surface area contributed by atoms with E-state index in [4.69, 9.17) is 0 Å². The van der Waals surface area contributed by atoms with Crippen LogP contribution in [-0.2, 0) is 0 Å². The third-order valence-electron chi connectivity index (χ3n) is 4.63. The highest BCUT2D eigenvalue weighted by atomic mass is 15.4. The van der Waals surface area contributed by atoms with Gasteiger partial charge in [0.15, 0.2) is 5.52 Å². The van der Waals surface area contributed by atoms with E-state index in [0.717, 1.165) is 17.5 Å². The number of hydrogen-bond acceptors (Lipinski definition) is 2. The fraction of sp³-hybridized carbons (Fsp3) is 0.261. The Labute approximate surface area is 160 Å². The van der Waals surface area contributed by atoms with Crippen molar-refractivity contribution in [2.75, 3.05) is 24.3 Å². The topological polar surface area (TPSA) is 24.3 Å². The molecule has 0 atom stereocenters. The smallest absolute Gasteiger partial charge is 0.351 e. The first kappa shape index (κ1) is 17.4. The van der Waals surface area contributed by atoms with E-state index in [1.165, 1.54) is 16.3 Å². The number of fused-ring (bicyclic) bond motifs is 3. The molecule has 4 nitrogen and oxygen atoms in total. The fourth-order valence-corrected chi connectivity index (χ4v) is 3.65. The summed E-state index contributed by atoms with van der Waals surface area (Å²) in [5, 5.41) is 6.26. The maximum Gasteiger partial charge on any atom is 0.371 e. The fourth-order valence-electron chi connectivity index (χ4n) is 3.65. The van der Waals surface area contributed by atoms with Crippen LogP contribution in [0, 0.1) is 0 Å². The summed E-state index contributed by atoms with van der Waals surface area (Å²) in [6.45, 7) is 6.60. The molecule has 0 aliphatic rings. The van der Waals surface area contributed by atoms with Crippen LogP contribution in [-0.4, -0.2) is 24.2 Å². The van der Waals surface area contributed by atoms with E-state index in [9.17, 15) is 0 Å². The highest BCUT2D eigenvalue weighted by Crippen LogP contribution is 2.33. The van der Waals surface area contributed by atoms with Gasteiger partial charge in [-0.2, -0.15) is 8.97 Å². The van der Waals surface area contributed by atoms with Gasteiger partial charge >= 0.3 is 5.95 Å². The van der Waals surface area contributed by atoms with Gasteiger partial charge in [0, 0.05) is 10.9 Å². The van der Waals surface area contributed by atoms with Crippen molar-refractivity contribution in [2.24, 2.45) is 0 Å². The average molecular weight is 359 g/mol. The Morgan fingerprint density at radius 1 is 0.889 bits per heavy atom. The van der Waals surface area contributed by atoms with Crippen LogP contribution >= 0.6 is 0 Å². The predicted octanol–water partition coefficient (Wildman–Crippen LogP) is 4.65. The van der Waals surface area contributed by atoms with Crippen molar-refractivity contribution in [3.05, 3.63) is 66.9 Å². The molecule has 2 aromatic heterocycles. The SMILES string of the molecule is CN(C)c1n(-c2ccccc2)c(NC(C)(C)C)c2c3ccccc3cc[n+]12. The van der Waals surface area contributed by atoms with Crippen LogP contribution in [0.4, 0.5) is 11.8 Å². The predicted molar refractivity (Wildman–Crippen MR) is 114 cm³/mol. The van der Waals surface area contributed by atoms with Gasteiger partial charge in [-0.1, -0.05) is 42.5 Å². The van der Waals surface area contributed by atoms with E-state index in [1.54, 1.807) is 0 Å². The summed E-state index contributed by atoms with van der Waals surface area (Å²) >= 11 is 0. The van der Waals surface area contributed by atoms with Gasteiger partial charge in [-0.25, -0.2) is 0 Å². The summed E-state index contributed by atoms with van der Waals surface area (Å²) in [7, 11) is 4.19. The molecule has 0 fully saturated rings. The minimum absolute atomic E-state index is 0.0705. The van der Waals surface area contributed by atoms with E-state index in [0.29, 0.717) is 0 Å². The molecular weight excluding hydrogens is 332 g/mol. The molecule has 0 bridgehead atoms. The van der Waals surface area contributed by atoms with Crippen LogP contribution in [0.1, 0.15) is 20.8 Å². The van der Waals surface area contributed by atoms with Crippen molar-refractivity contribution < 1.29 is 4.40 Å². The number of hydrogen-bond donors (Lipinski definition) is 1. The van der Waals surface area contributed by atoms with Crippen LogP contribution in [0.15, 0.2) is 66.9 Å². The molecule has 138 valence electrons. The van der Waals surface area contributed by atoms with Crippen molar-refractivity contribution in [1.82, 2.24) is 4.57 Å². The van der Waals surface area contributed by atoms with Crippen molar-refractivity contribution in [1.29, 1.82) is 0 Å². The number of benzene rings is 2. The summed E-state index contributed by atoms with van der Waals surface area (Å²) < 4.78 is 4.59. The van der Waals surface area contributed by atoms with Gasteiger partial charge in [0.1, 0.15) is 5.69 Å². The molecule has 0 amide bonds. The zero-order valence-electron chi connectivity index (χ0n) is 16.7. The van der Waals surface area contributed by atoms with Crippen molar-refractivity contribution in [3.8, 4) is 5.69 Å². The largest absolute Gasteiger partial charge is 0.371 e. The van der Waals surface area contributed by atoms with Crippen LogP contribution in [0.25, 0.3) is 22.0 Å². The van der Waals surface area contributed by atoms with Gasteiger partial charge in [-0.15, -0.1) is 0 Å². The lowest BCUT2D eigenvalue weighted by Gasteiger charge is -2.21. The van der Waals surface area contributed by atoms with Gasteiger partial charge in [0.25, 0.3) is 0 Å². The number of imidazole rings is 1. The molecule has 0 unspecified atom stereocenters. The molecule has 0 aliphatic heterocycles. The molecule has 2 heterocycles. The maximum atomic E-state index is 3.77. The number of pyridine rings is 1. The average Bonchev–Trinajstić information content (AvgIpc) is 2.95. The van der Waals surface area contributed by atoms with E-state index in [-0.39, 0.29) is 5.54 Å². The Morgan fingerprint density at radius 3 is 2.22 bits per heavy atom. The number of aromatic nitrogens is 2. The Hall–Kier alpha value is -3.01. The van der Waals surface area contributed by atoms with E-state index in [1.807, 2.05) is 0 Å². The number of rotatable bonds is 3. The van der Waals surface area contributed by atoms with Crippen LogP contribution in [0.2, 0.25) is 0 Å². The first-order chi connectivity index (χ1) is 12.9. The first-order valence-electron chi connectivity index (χ1n) is 9.35. The molecule has 0 aliphatic carbocycles. The van der Waals surface area contributed by atoms with Crippen LogP contribution in [0.5, 0.6) is 0 Å². The molecule has 1 N–H and O–H groups in total. The van der Waals surface area contributed by atoms with Crippen molar-refractivity contribution in [3.63, 3.8) is 0 Å². The van der Waals surface area contributed by atoms with Crippen molar-refractivity contribution >= 4 is 28.1 Å². The summed E-state index contributed by atoms with van der Waals surface area (Å²) in [4.78, 5) is 2.17. The molecule has 0 spiro atoms. The second-order valence-corrected chi connectivity index (χ2v) is 8.21. The van der Waals surface area contributed by atoms with Gasteiger partial charge in [0.2, 0.25) is 5.82 Å². The highest BCUT2D eigenvalue weighted by Gasteiger charge is 2.30. The maximum absolute atomic E-state index is 3.77. The monoisotopic (exact) mass is 359 g/mol. The third kappa shape index (κ3) is 3.01. The number of anilines is 2. The zero-order valence-corrected chi connectivity index (χ0v) is 16.7.